The number of carbonyl (C=O) groups excluding carboxylic acids is 3. The van der Waals surface area contributed by atoms with Crippen molar-refractivity contribution in [3.05, 3.63) is 99.2 Å². The Morgan fingerprint density at radius 3 is 2.30 bits per heavy atom. The van der Waals surface area contributed by atoms with Crippen LogP contribution in [0.1, 0.15) is 21.5 Å². The van der Waals surface area contributed by atoms with Crippen LogP contribution in [0.25, 0.3) is 0 Å². The van der Waals surface area contributed by atoms with Gasteiger partial charge in [-0.25, -0.2) is 4.90 Å². The Bertz CT molecular complexity index is 1330. The number of nitrogens with one attached hydrogen (secondary N) is 2. The van der Waals surface area contributed by atoms with Crippen molar-refractivity contribution in [1.29, 1.82) is 0 Å². The number of amides is 3. The van der Waals surface area contributed by atoms with E-state index in [9.17, 15) is 14.4 Å². The first-order valence-electron chi connectivity index (χ1n) is 10.0. The predicted molar refractivity (Wildman–Crippen MR) is 131 cm³/mol. The van der Waals surface area contributed by atoms with Gasteiger partial charge in [-0.1, -0.05) is 53.0 Å². The quantitative estimate of drug-likeness (QED) is 0.463. The summed E-state index contributed by atoms with van der Waals surface area (Å²) in [4.78, 5) is 39.5. The third kappa shape index (κ3) is 4.62. The number of halogens is 2. The Morgan fingerprint density at radius 2 is 1.58 bits per heavy atom. The molecule has 1 aliphatic rings. The first-order valence-corrected chi connectivity index (χ1v) is 10.8. The fourth-order valence-electron chi connectivity index (χ4n) is 3.54. The van der Waals surface area contributed by atoms with Crippen LogP contribution in [-0.2, 0) is 9.59 Å². The van der Waals surface area contributed by atoms with Crippen LogP contribution in [0.5, 0.6) is 0 Å². The maximum atomic E-state index is 13.1. The molecule has 3 aromatic rings. The lowest BCUT2D eigenvalue weighted by Gasteiger charge is -2.18. The molecule has 1 heterocycles. The third-order valence-electron chi connectivity index (χ3n) is 5.10. The molecule has 0 saturated carbocycles. The van der Waals surface area contributed by atoms with Gasteiger partial charge in [-0.15, -0.1) is 0 Å². The van der Waals surface area contributed by atoms with Gasteiger partial charge in [-0.3, -0.25) is 14.4 Å². The Balaban J connectivity index is 1.56. The molecule has 33 heavy (non-hydrogen) atoms. The van der Waals surface area contributed by atoms with Crippen LogP contribution in [0.4, 0.5) is 17.1 Å². The average molecular weight is 480 g/mol. The highest BCUT2D eigenvalue weighted by molar-refractivity contribution is 6.53. The molecule has 6 nitrogen and oxygen atoms in total. The molecule has 166 valence electrons. The van der Waals surface area contributed by atoms with Crippen molar-refractivity contribution >= 4 is 58.0 Å². The van der Waals surface area contributed by atoms with Crippen LogP contribution in [0.3, 0.4) is 0 Å². The minimum atomic E-state index is -0.606. The summed E-state index contributed by atoms with van der Waals surface area (Å²) in [6.45, 7) is 3.75. The molecule has 0 fully saturated rings. The molecule has 0 spiro atoms. The monoisotopic (exact) mass is 479 g/mol. The molecule has 3 amide bonds. The highest BCUT2D eigenvalue weighted by atomic mass is 35.5. The molecule has 0 bridgehead atoms. The molecule has 0 aromatic heterocycles. The zero-order valence-corrected chi connectivity index (χ0v) is 19.3. The van der Waals surface area contributed by atoms with Gasteiger partial charge < -0.3 is 10.6 Å². The zero-order valence-electron chi connectivity index (χ0n) is 17.8. The second kappa shape index (κ2) is 9.10. The van der Waals surface area contributed by atoms with Crippen molar-refractivity contribution < 1.29 is 14.4 Å². The molecule has 2 N–H and O–H groups in total. The molecule has 8 heteroatoms. The molecule has 0 unspecified atom stereocenters. The molecule has 1 aliphatic heterocycles. The predicted octanol–water partition coefficient (Wildman–Crippen LogP) is 5.64. The van der Waals surface area contributed by atoms with Crippen molar-refractivity contribution in [2.75, 3.05) is 15.5 Å². The molecular formula is C25H19Cl2N3O3. The summed E-state index contributed by atoms with van der Waals surface area (Å²) in [6, 6.07) is 18.7. The van der Waals surface area contributed by atoms with Gasteiger partial charge in [0.15, 0.2) is 0 Å². The fourth-order valence-corrected chi connectivity index (χ4v) is 3.94. The van der Waals surface area contributed by atoms with Crippen LogP contribution >= 0.6 is 23.2 Å². The van der Waals surface area contributed by atoms with Crippen LogP contribution in [0.2, 0.25) is 5.02 Å². The van der Waals surface area contributed by atoms with Gasteiger partial charge in [0.2, 0.25) is 0 Å². The number of benzene rings is 3. The molecule has 0 saturated heterocycles. The second-order valence-corrected chi connectivity index (χ2v) is 8.41. The summed E-state index contributed by atoms with van der Waals surface area (Å²) in [5.41, 5.74) is 3.56. The highest BCUT2D eigenvalue weighted by Gasteiger charge is 2.39. The van der Waals surface area contributed by atoms with Crippen molar-refractivity contribution in [3.8, 4) is 0 Å². The summed E-state index contributed by atoms with van der Waals surface area (Å²) < 4.78 is 0. The lowest BCUT2D eigenvalue weighted by Crippen LogP contribution is -2.32. The number of nitrogens with zero attached hydrogens (tertiary/aromatic N) is 1. The first kappa shape index (κ1) is 22.6. The SMILES string of the molecule is Cc1ccc(N2C(=O)C(Cl)=C(Nc3cccc(C(=O)Nc4cccc(Cl)c4)c3)C2=O)c(C)c1. The lowest BCUT2D eigenvalue weighted by atomic mass is 10.1. The summed E-state index contributed by atoms with van der Waals surface area (Å²) in [7, 11) is 0. The third-order valence-corrected chi connectivity index (χ3v) is 5.68. The van der Waals surface area contributed by atoms with Gasteiger partial charge in [0.1, 0.15) is 10.7 Å². The Labute approximate surface area is 200 Å². The van der Waals surface area contributed by atoms with E-state index in [1.54, 1.807) is 54.6 Å². The van der Waals surface area contributed by atoms with E-state index >= 15 is 0 Å². The van der Waals surface area contributed by atoms with Crippen molar-refractivity contribution in [2.24, 2.45) is 0 Å². The average Bonchev–Trinajstić information content (AvgIpc) is 2.97. The second-order valence-electron chi connectivity index (χ2n) is 7.59. The molecule has 4 rings (SSSR count). The number of rotatable bonds is 5. The fraction of sp³-hybridized carbons (Fsp3) is 0.0800. The standard InChI is InChI=1S/C25H19Cl2N3O3/c1-14-9-10-20(15(2)11-14)30-24(32)21(27)22(25(30)33)28-18-7-3-5-16(12-18)23(31)29-19-8-4-6-17(26)13-19/h3-13,28H,1-2H3,(H,29,31). The number of imide groups is 1. The van der Waals surface area contributed by atoms with Gasteiger partial charge in [-0.2, -0.15) is 0 Å². The maximum Gasteiger partial charge on any atom is 0.283 e. The molecular weight excluding hydrogens is 461 g/mol. The van der Waals surface area contributed by atoms with Crippen LogP contribution in [0, 0.1) is 13.8 Å². The highest BCUT2D eigenvalue weighted by Crippen LogP contribution is 2.32. The van der Waals surface area contributed by atoms with Crippen LogP contribution in [0.15, 0.2) is 77.5 Å². The van der Waals surface area contributed by atoms with E-state index in [2.05, 4.69) is 10.6 Å². The molecule has 0 radical (unpaired) electrons. The minimum Gasteiger partial charge on any atom is -0.350 e. The van der Waals surface area contributed by atoms with Crippen molar-refractivity contribution in [1.82, 2.24) is 0 Å². The Morgan fingerprint density at radius 1 is 0.848 bits per heavy atom. The maximum absolute atomic E-state index is 13.1. The van der Waals surface area contributed by atoms with Crippen LogP contribution in [-0.4, -0.2) is 17.7 Å². The molecule has 3 aromatic carbocycles. The van der Waals surface area contributed by atoms with E-state index in [1.165, 1.54) is 0 Å². The Kier molecular flexibility index (Phi) is 6.22. The van der Waals surface area contributed by atoms with E-state index < -0.39 is 11.8 Å². The van der Waals surface area contributed by atoms with E-state index in [0.29, 0.717) is 27.6 Å². The first-order chi connectivity index (χ1) is 15.7. The topological polar surface area (TPSA) is 78.5 Å². The summed E-state index contributed by atoms with van der Waals surface area (Å²) in [5, 5.41) is 5.96. The summed E-state index contributed by atoms with van der Waals surface area (Å²) in [6.07, 6.45) is 0. The van der Waals surface area contributed by atoms with Crippen molar-refractivity contribution in [2.45, 2.75) is 13.8 Å². The van der Waals surface area contributed by atoms with Gasteiger partial charge in [-0.05, 0) is 61.9 Å². The number of hydrogen-bond acceptors (Lipinski definition) is 4. The number of anilines is 3. The van der Waals surface area contributed by atoms with Gasteiger partial charge in [0.05, 0.1) is 5.69 Å². The number of aryl methyl sites for hydroxylation is 2. The van der Waals surface area contributed by atoms with Gasteiger partial charge in [0.25, 0.3) is 17.7 Å². The largest absolute Gasteiger partial charge is 0.350 e. The normalized spacial score (nSPS) is 13.5. The summed E-state index contributed by atoms with van der Waals surface area (Å²) in [5.74, 6) is -1.52. The van der Waals surface area contributed by atoms with E-state index in [-0.39, 0.29) is 16.6 Å². The summed E-state index contributed by atoms with van der Waals surface area (Å²) >= 11 is 12.2. The molecule has 0 aliphatic carbocycles. The van der Waals surface area contributed by atoms with Gasteiger partial charge in [0, 0.05) is 22.0 Å². The van der Waals surface area contributed by atoms with Crippen LogP contribution < -0.4 is 15.5 Å². The Hall–Kier alpha value is -3.61. The van der Waals surface area contributed by atoms with E-state index in [1.807, 2.05) is 26.0 Å². The van der Waals surface area contributed by atoms with E-state index in [0.717, 1.165) is 16.0 Å². The van der Waals surface area contributed by atoms with E-state index in [4.69, 9.17) is 23.2 Å². The lowest BCUT2D eigenvalue weighted by molar-refractivity contribution is -0.120. The minimum absolute atomic E-state index is 0.0472. The molecule has 0 atom stereocenters. The van der Waals surface area contributed by atoms with Gasteiger partial charge >= 0.3 is 0 Å². The number of carbonyl (C=O) groups is 3. The van der Waals surface area contributed by atoms with Crippen molar-refractivity contribution in [3.63, 3.8) is 0 Å². The smallest absolute Gasteiger partial charge is 0.283 e. The zero-order chi connectivity index (χ0) is 23.7. The number of hydrogen-bond donors (Lipinski definition) is 2.